The molecular formula is C6H12N2. The summed E-state index contributed by atoms with van der Waals surface area (Å²) in [5.41, 5.74) is 0. The van der Waals surface area contributed by atoms with Crippen LogP contribution in [0.1, 0.15) is 20.3 Å². The van der Waals surface area contributed by atoms with Crippen LogP contribution in [0.4, 0.5) is 0 Å². The molecule has 0 aromatic heterocycles. The number of hydrogen-bond donors (Lipinski definition) is 1. The van der Waals surface area contributed by atoms with Crippen molar-refractivity contribution in [1.82, 2.24) is 4.90 Å². The Labute approximate surface area is 50.0 Å². The lowest BCUT2D eigenvalue weighted by Crippen LogP contribution is -2.47. The Kier molecular flexibility index (Phi) is 1.24. The minimum absolute atomic E-state index is 0.632. The summed E-state index contributed by atoms with van der Waals surface area (Å²) in [5, 5.41) is 7.21. The first-order valence-electron chi connectivity index (χ1n) is 3.03. The summed E-state index contributed by atoms with van der Waals surface area (Å²) in [5.74, 6) is 0.712. The van der Waals surface area contributed by atoms with Gasteiger partial charge in [0.25, 0.3) is 0 Å². The van der Waals surface area contributed by atoms with Crippen molar-refractivity contribution in [2.75, 3.05) is 6.54 Å². The molecule has 0 aromatic rings. The normalized spacial score (nSPS) is 27.2. The molecule has 1 fully saturated rings. The summed E-state index contributed by atoms with van der Waals surface area (Å²) >= 11 is 0. The third kappa shape index (κ3) is 0.703. The number of hydrogen-bond acceptors (Lipinski definition) is 1. The lowest BCUT2D eigenvalue weighted by Gasteiger charge is -2.39. The Morgan fingerprint density at radius 1 is 1.75 bits per heavy atom. The van der Waals surface area contributed by atoms with Crippen LogP contribution in [0, 0.1) is 5.41 Å². The van der Waals surface area contributed by atoms with Gasteiger partial charge in [-0.05, 0) is 20.3 Å². The van der Waals surface area contributed by atoms with E-state index in [9.17, 15) is 0 Å². The molecule has 0 aromatic carbocycles. The van der Waals surface area contributed by atoms with Crippen molar-refractivity contribution in [3.8, 4) is 0 Å². The number of nitrogens with zero attached hydrogens (tertiary/aromatic N) is 1. The van der Waals surface area contributed by atoms with E-state index >= 15 is 0 Å². The molecule has 1 aliphatic rings. The van der Waals surface area contributed by atoms with Crippen LogP contribution in [-0.2, 0) is 0 Å². The van der Waals surface area contributed by atoms with Gasteiger partial charge in [-0.3, -0.25) is 5.41 Å². The molecule has 1 N–H and O–H groups in total. The van der Waals surface area contributed by atoms with Gasteiger partial charge in [0.1, 0.15) is 0 Å². The van der Waals surface area contributed by atoms with Crippen LogP contribution in [0.2, 0.25) is 0 Å². The van der Waals surface area contributed by atoms with Crippen molar-refractivity contribution < 1.29 is 0 Å². The molecule has 1 atom stereocenters. The van der Waals surface area contributed by atoms with Crippen LogP contribution >= 0.6 is 0 Å². The van der Waals surface area contributed by atoms with E-state index < -0.39 is 0 Å². The Hall–Kier alpha value is -0.530. The van der Waals surface area contributed by atoms with Crippen LogP contribution in [0.25, 0.3) is 0 Å². The fourth-order valence-corrected chi connectivity index (χ4v) is 1.01. The maximum Gasteiger partial charge on any atom is 0.0928 e. The molecule has 1 rings (SSSR count). The van der Waals surface area contributed by atoms with E-state index in [1.165, 1.54) is 6.42 Å². The van der Waals surface area contributed by atoms with E-state index in [-0.39, 0.29) is 0 Å². The third-order valence-electron chi connectivity index (χ3n) is 1.75. The lowest BCUT2D eigenvalue weighted by molar-refractivity contribution is 0.200. The highest BCUT2D eigenvalue weighted by Gasteiger charge is 2.22. The van der Waals surface area contributed by atoms with Gasteiger partial charge < -0.3 is 4.90 Å². The van der Waals surface area contributed by atoms with Crippen molar-refractivity contribution in [2.24, 2.45) is 0 Å². The Morgan fingerprint density at radius 2 is 2.38 bits per heavy atom. The van der Waals surface area contributed by atoms with E-state index in [4.69, 9.17) is 5.41 Å². The highest BCUT2D eigenvalue weighted by molar-refractivity contribution is 5.77. The standard InChI is InChI=1S/C6H12N2/c1-5-3-4-8(5)6(2)7/h5,7H,3-4H2,1-2H3. The van der Waals surface area contributed by atoms with Gasteiger partial charge in [-0.2, -0.15) is 0 Å². The molecule has 1 saturated heterocycles. The van der Waals surface area contributed by atoms with Crippen molar-refractivity contribution in [1.29, 1.82) is 5.41 Å². The molecule has 1 unspecified atom stereocenters. The van der Waals surface area contributed by atoms with E-state index in [2.05, 4.69) is 11.8 Å². The highest BCUT2D eigenvalue weighted by atomic mass is 15.2. The van der Waals surface area contributed by atoms with Crippen molar-refractivity contribution >= 4 is 5.84 Å². The highest BCUT2D eigenvalue weighted by Crippen LogP contribution is 2.15. The zero-order valence-electron chi connectivity index (χ0n) is 5.44. The maximum absolute atomic E-state index is 7.21. The molecule has 1 heterocycles. The number of likely N-dealkylation sites (tertiary alicyclic amines) is 1. The average Bonchev–Trinajstić information content (AvgIpc) is 1.61. The second-order valence-corrected chi connectivity index (χ2v) is 2.42. The number of nitrogens with one attached hydrogen (secondary N) is 1. The SMILES string of the molecule is CC(=N)N1CCC1C. The van der Waals surface area contributed by atoms with Gasteiger partial charge in [-0.15, -0.1) is 0 Å². The van der Waals surface area contributed by atoms with Gasteiger partial charge in [0.15, 0.2) is 0 Å². The van der Waals surface area contributed by atoms with Gasteiger partial charge in [0, 0.05) is 12.6 Å². The summed E-state index contributed by atoms with van der Waals surface area (Å²) in [6.45, 7) is 5.09. The molecule has 0 radical (unpaired) electrons. The Balaban J connectivity index is 2.37. The molecule has 46 valence electrons. The quantitative estimate of drug-likeness (QED) is 0.368. The molecule has 0 bridgehead atoms. The van der Waals surface area contributed by atoms with E-state index in [0.29, 0.717) is 11.9 Å². The molecule has 2 heteroatoms. The molecule has 0 spiro atoms. The fourth-order valence-electron chi connectivity index (χ4n) is 1.01. The van der Waals surface area contributed by atoms with Gasteiger partial charge >= 0.3 is 0 Å². The first kappa shape index (κ1) is 5.60. The fraction of sp³-hybridized carbons (Fsp3) is 0.833. The molecular weight excluding hydrogens is 100 g/mol. The molecule has 0 saturated carbocycles. The number of rotatable bonds is 0. The summed E-state index contributed by atoms with van der Waals surface area (Å²) in [6.07, 6.45) is 1.26. The predicted molar refractivity (Wildman–Crippen MR) is 34.2 cm³/mol. The molecule has 8 heavy (non-hydrogen) atoms. The van der Waals surface area contributed by atoms with Crippen LogP contribution in [0.15, 0.2) is 0 Å². The monoisotopic (exact) mass is 112 g/mol. The van der Waals surface area contributed by atoms with Crippen molar-refractivity contribution in [2.45, 2.75) is 26.3 Å². The van der Waals surface area contributed by atoms with Gasteiger partial charge in [0.2, 0.25) is 0 Å². The van der Waals surface area contributed by atoms with E-state index in [1.807, 2.05) is 6.92 Å². The number of amidine groups is 1. The zero-order valence-corrected chi connectivity index (χ0v) is 5.44. The third-order valence-corrected chi connectivity index (χ3v) is 1.75. The molecule has 0 aliphatic carbocycles. The second kappa shape index (κ2) is 1.77. The van der Waals surface area contributed by atoms with Crippen molar-refractivity contribution in [3.63, 3.8) is 0 Å². The maximum atomic E-state index is 7.21. The minimum Gasteiger partial charge on any atom is -0.358 e. The van der Waals surface area contributed by atoms with Gasteiger partial charge in [-0.1, -0.05) is 0 Å². The largest absolute Gasteiger partial charge is 0.358 e. The summed E-state index contributed by atoms with van der Waals surface area (Å²) in [7, 11) is 0. The summed E-state index contributed by atoms with van der Waals surface area (Å²) < 4.78 is 0. The molecule has 0 amide bonds. The van der Waals surface area contributed by atoms with Crippen molar-refractivity contribution in [3.05, 3.63) is 0 Å². The summed E-state index contributed by atoms with van der Waals surface area (Å²) in [4.78, 5) is 2.10. The Bertz CT molecular complexity index is 109. The smallest absolute Gasteiger partial charge is 0.0928 e. The van der Waals surface area contributed by atoms with Crippen LogP contribution in [0.3, 0.4) is 0 Å². The minimum atomic E-state index is 0.632. The Morgan fingerprint density at radius 3 is 2.38 bits per heavy atom. The predicted octanol–water partition coefficient (Wildman–Crippen LogP) is 1.08. The second-order valence-electron chi connectivity index (χ2n) is 2.42. The average molecular weight is 112 g/mol. The van der Waals surface area contributed by atoms with E-state index in [1.54, 1.807) is 0 Å². The topological polar surface area (TPSA) is 27.1 Å². The van der Waals surface area contributed by atoms with Gasteiger partial charge in [-0.25, -0.2) is 0 Å². The zero-order chi connectivity index (χ0) is 6.15. The van der Waals surface area contributed by atoms with Gasteiger partial charge in [0.05, 0.1) is 5.84 Å². The summed E-state index contributed by atoms with van der Waals surface area (Å²) in [6, 6.07) is 0.632. The molecule has 2 nitrogen and oxygen atoms in total. The lowest BCUT2D eigenvalue weighted by atomic mass is 10.1. The van der Waals surface area contributed by atoms with E-state index in [0.717, 1.165) is 6.54 Å². The first-order chi connectivity index (χ1) is 3.72. The van der Waals surface area contributed by atoms with Crippen LogP contribution in [0.5, 0.6) is 0 Å². The van der Waals surface area contributed by atoms with Crippen LogP contribution < -0.4 is 0 Å². The first-order valence-corrected chi connectivity index (χ1v) is 3.03. The molecule has 1 aliphatic heterocycles. The van der Waals surface area contributed by atoms with Crippen LogP contribution in [-0.4, -0.2) is 23.3 Å².